The number of carboxylic acid groups (broad SMARTS) is 1. The predicted octanol–water partition coefficient (Wildman–Crippen LogP) is 3.08. The number of halogens is 1. The largest absolute Gasteiger partial charge is 0.481 e. The van der Waals surface area contributed by atoms with Crippen molar-refractivity contribution in [3.63, 3.8) is 0 Å². The number of aryl methyl sites for hydroxylation is 2. The van der Waals surface area contributed by atoms with E-state index in [-0.39, 0.29) is 37.0 Å². The van der Waals surface area contributed by atoms with Gasteiger partial charge < -0.3 is 14.5 Å². The van der Waals surface area contributed by atoms with Gasteiger partial charge in [-0.25, -0.2) is 4.39 Å². The Kier molecular flexibility index (Phi) is 5.49. The van der Waals surface area contributed by atoms with Crippen LogP contribution in [0.2, 0.25) is 0 Å². The highest BCUT2D eigenvalue weighted by atomic mass is 19.1. The summed E-state index contributed by atoms with van der Waals surface area (Å²) in [4.78, 5) is 30.1. The van der Waals surface area contributed by atoms with Gasteiger partial charge in [0.1, 0.15) is 5.82 Å². The van der Waals surface area contributed by atoms with Crippen LogP contribution in [0.1, 0.15) is 38.1 Å². The minimum atomic E-state index is -0.881. The molecule has 0 aliphatic carbocycles. The zero-order valence-electron chi connectivity index (χ0n) is 16.2. The summed E-state index contributed by atoms with van der Waals surface area (Å²) in [5, 5.41) is 13.5. The van der Waals surface area contributed by atoms with E-state index in [0.717, 1.165) is 0 Å². The van der Waals surface area contributed by atoms with Crippen molar-refractivity contribution in [2.45, 2.75) is 40.0 Å². The van der Waals surface area contributed by atoms with Gasteiger partial charge in [-0.1, -0.05) is 19.0 Å². The summed E-state index contributed by atoms with van der Waals surface area (Å²) in [5.41, 5.74) is 0.247. The second-order valence-corrected chi connectivity index (χ2v) is 7.66. The number of likely N-dealkylation sites (tertiary alicyclic amines) is 1. The van der Waals surface area contributed by atoms with E-state index in [1.807, 2.05) is 13.8 Å². The van der Waals surface area contributed by atoms with E-state index < -0.39 is 11.4 Å². The number of hydrogen-bond donors (Lipinski definition) is 1. The van der Waals surface area contributed by atoms with Gasteiger partial charge in [-0.15, -0.1) is 0 Å². The fraction of sp³-hybridized carbons (Fsp3) is 0.500. The lowest BCUT2D eigenvalue weighted by Gasteiger charge is -2.28. The first-order chi connectivity index (χ1) is 13.2. The summed E-state index contributed by atoms with van der Waals surface area (Å²) in [5.74, 6) is -0.674. The fourth-order valence-electron chi connectivity index (χ4n) is 3.57. The number of aromatic nitrogens is 2. The highest BCUT2D eigenvalue weighted by Gasteiger charge is 2.48. The minimum Gasteiger partial charge on any atom is -0.481 e. The lowest BCUT2D eigenvalue weighted by Crippen LogP contribution is -2.40. The zero-order valence-corrected chi connectivity index (χ0v) is 16.2. The molecule has 3 rings (SSSR count). The first-order valence-corrected chi connectivity index (χ1v) is 9.33. The summed E-state index contributed by atoms with van der Waals surface area (Å²) in [6.45, 7) is 6.07. The summed E-state index contributed by atoms with van der Waals surface area (Å²) in [6, 6.07) is 4.56. The van der Waals surface area contributed by atoms with E-state index in [9.17, 15) is 19.1 Å². The van der Waals surface area contributed by atoms with Crippen molar-refractivity contribution in [1.29, 1.82) is 0 Å². The Hall–Kier alpha value is -2.77. The number of aliphatic carboxylic acids is 1. The SMILES string of the molecule is Cc1cc(-c2noc(CCC(=O)N3CCC(C(=O)O)(C(C)C)C3)n2)ccc1F. The second-order valence-electron chi connectivity index (χ2n) is 7.66. The third kappa shape index (κ3) is 3.76. The summed E-state index contributed by atoms with van der Waals surface area (Å²) < 4.78 is 18.6. The van der Waals surface area contributed by atoms with E-state index >= 15 is 0 Å². The maximum absolute atomic E-state index is 13.4. The van der Waals surface area contributed by atoms with Crippen molar-refractivity contribution < 1.29 is 23.6 Å². The average Bonchev–Trinajstić information content (AvgIpc) is 3.30. The number of rotatable bonds is 6. The number of carbonyl (C=O) groups is 2. The number of carboxylic acids is 1. The lowest BCUT2D eigenvalue weighted by atomic mass is 9.76. The lowest BCUT2D eigenvalue weighted by molar-refractivity contribution is -0.151. The molecule has 1 unspecified atom stereocenters. The average molecular weight is 389 g/mol. The van der Waals surface area contributed by atoms with Gasteiger partial charge in [0, 0.05) is 31.5 Å². The molecule has 2 aromatic rings. The number of nitrogens with zero attached hydrogens (tertiary/aromatic N) is 3. The summed E-state index contributed by atoms with van der Waals surface area (Å²) in [6.07, 6.45) is 0.891. The first kappa shape index (κ1) is 20.0. The first-order valence-electron chi connectivity index (χ1n) is 9.33. The van der Waals surface area contributed by atoms with Gasteiger partial charge in [-0.2, -0.15) is 4.98 Å². The van der Waals surface area contributed by atoms with Gasteiger partial charge in [0.2, 0.25) is 17.6 Å². The van der Waals surface area contributed by atoms with Crippen LogP contribution in [0.25, 0.3) is 11.4 Å². The number of carbonyl (C=O) groups excluding carboxylic acids is 1. The molecule has 0 spiro atoms. The van der Waals surface area contributed by atoms with Gasteiger partial charge in [-0.05, 0) is 43.0 Å². The molecule has 1 atom stereocenters. The molecule has 1 amide bonds. The molecule has 0 radical (unpaired) electrons. The third-order valence-corrected chi connectivity index (χ3v) is 5.62. The van der Waals surface area contributed by atoms with Gasteiger partial charge in [0.05, 0.1) is 5.41 Å². The normalized spacial score (nSPS) is 19.4. The van der Waals surface area contributed by atoms with Crippen molar-refractivity contribution in [3.8, 4) is 11.4 Å². The van der Waals surface area contributed by atoms with Crippen molar-refractivity contribution in [2.24, 2.45) is 11.3 Å². The van der Waals surface area contributed by atoms with Crippen molar-refractivity contribution in [1.82, 2.24) is 15.0 Å². The zero-order chi connectivity index (χ0) is 20.5. The van der Waals surface area contributed by atoms with Crippen LogP contribution in [0.3, 0.4) is 0 Å². The van der Waals surface area contributed by atoms with Crippen LogP contribution in [0, 0.1) is 24.1 Å². The molecular weight excluding hydrogens is 365 g/mol. The topological polar surface area (TPSA) is 96.5 Å². The highest BCUT2D eigenvalue weighted by molar-refractivity contribution is 5.81. The molecular formula is C20H24FN3O4. The molecule has 1 aromatic heterocycles. The standard InChI is InChI=1S/C20H24FN3O4/c1-12(2)20(19(26)27)8-9-24(11-20)17(25)7-6-16-22-18(23-28-16)14-4-5-15(21)13(3)10-14/h4-5,10,12H,6-9,11H2,1-3H3,(H,26,27). The number of benzene rings is 1. The number of hydrogen-bond acceptors (Lipinski definition) is 5. The van der Waals surface area contributed by atoms with E-state index in [1.54, 1.807) is 24.0 Å². The Labute approximate surface area is 162 Å². The van der Waals surface area contributed by atoms with Crippen LogP contribution in [0.4, 0.5) is 4.39 Å². The Morgan fingerprint density at radius 1 is 1.39 bits per heavy atom. The quantitative estimate of drug-likeness (QED) is 0.816. The molecule has 150 valence electrons. The Bertz CT molecular complexity index is 895. The molecule has 28 heavy (non-hydrogen) atoms. The van der Waals surface area contributed by atoms with Crippen LogP contribution in [-0.2, 0) is 16.0 Å². The molecule has 7 nitrogen and oxygen atoms in total. The smallest absolute Gasteiger partial charge is 0.311 e. The number of amides is 1. The molecule has 8 heteroatoms. The van der Waals surface area contributed by atoms with Crippen molar-refractivity contribution in [2.75, 3.05) is 13.1 Å². The monoisotopic (exact) mass is 389 g/mol. The Morgan fingerprint density at radius 3 is 2.75 bits per heavy atom. The van der Waals surface area contributed by atoms with Crippen molar-refractivity contribution in [3.05, 3.63) is 35.5 Å². The van der Waals surface area contributed by atoms with Crippen LogP contribution < -0.4 is 0 Å². The van der Waals surface area contributed by atoms with Crippen LogP contribution >= 0.6 is 0 Å². The Morgan fingerprint density at radius 2 is 2.14 bits per heavy atom. The van der Waals surface area contributed by atoms with E-state index in [1.165, 1.54) is 6.07 Å². The van der Waals surface area contributed by atoms with Gasteiger partial charge in [0.25, 0.3) is 0 Å². The molecule has 2 heterocycles. The molecule has 1 fully saturated rings. The molecule has 1 aliphatic rings. The van der Waals surface area contributed by atoms with Crippen LogP contribution in [0.5, 0.6) is 0 Å². The molecule has 0 bridgehead atoms. The summed E-state index contributed by atoms with van der Waals surface area (Å²) in [7, 11) is 0. The molecule has 1 saturated heterocycles. The fourth-order valence-corrected chi connectivity index (χ4v) is 3.57. The molecule has 0 saturated carbocycles. The second kappa shape index (κ2) is 7.69. The van der Waals surface area contributed by atoms with Gasteiger partial charge in [-0.3, -0.25) is 9.59 Å². The maximum Gasteiger partial charge on any atom is 0.311 e. The Balaban J connectivity index is 1.61. The molecule has 1 aromatic carbocycles. The van der Waals surface area contributed by atoms with Gasteiger partial charge >= 0.3 is 5.97 Å². The third-order valence-electron chi connectivity index (χ3n) is 5.62. The van der Waals surface area contributed by atoms with E-state index in [0.29, 0.717) is 35.8 Å². The van der Waals surface area contributed by atoms with E-state index in [2.05, 4.69) is 10.1 Å². The molecule has 1 N–H and O–H groups in total. The van der Waals surface area contributed by atoms with Crippen LogP contribution in [0.15, 0.2) is 22.7 Å². The predicted molar refractivity (Wildman–Crippen MR) is 98.9 cm³/mol. The minimum absolute atomic E-state index is 0.0551. The highest BCUT2D eigenvalue weighted by Crippen LogP contribution is 2.38. The summed E-state index contributed by atoms with van der Waals surface area (Å²) >= 11 is 0. The van der Waals surface area contributed by atoms with Crippen molar-refractivity contribution >= 4 is 11.9 Å². The van der Waals surface area contributed by atoms with E-state index in [4.69, 9.17) is 4.52 Å². The molecule has 1 aliphatic heterocycles. The van der Waals surface area contributed by atoms with Gasteiger partial charge in [0.15, 0.2) is 0 Å². The maximum atomic E-state index is 13.4. The van der Waals surface area contributed by atoms with Crippen LogP contribution in [-0.4, -0.2) is 45.1 Å².